The van der Waals surface area contributed by atoms with E-state index < -0.39 is 0 Å². The maximum Gasteiger partial charge on any atom is 0.277 e. The lowest BCUT2D eigenvalue weighted by Gasteiger charge is -2.16. The van der Waals surface area contributed by atoms with Crippen molar-refractivity contribution in [1.82, 2.24) is 20.4 Å². The largest absolute Gasteiger partial charge is 0.420 e. The van der Waals surface area contributed by atoms with Crippen molar-refractivity contribution in [2.75, 3.05) is 0 Å². The van der Waals surface area contributed by atoms with E-state index in [1.54, 1.807) is 11.3 Å². The monoisotopic (exact) mass is 410 g/mol. The second kappa shape index (κ2) is 7.52. The van der Waals surface area contributed by atoms with Gasteiger partial charge in [0, 0.05) is 10.4 Å². The van der Waals surface area contributed by atoms with Crippen LogP contribution in [-0.4, -0.2) is 20.4 Å². The average Bonchev–Trinajstić information content (AvgIpc) is 3.45. The number of hydrogen-bond acceptors (Lipinski definition) is 8. The van der Waals surface area contributed by atoms with E-state index >= 15 is 0 Å². The summed E-state index contributed by atoms with van der Waals surface area (Å²) in [5, 5.41) is 17.1. The summed E-state index contributed by atoms with van der Waals surface area (Å²) in [6.45, 7) is 2.31. The molecule has 0 spiro atoms. The maximum absolute atomic E-state index is 5.85. The fraction of sp³-hybridized carbons (Fsp3) is 0.300. The van der Waals surface area contributed by atoms with E-state index in [4.69, 9.17) is 8.83 Å². The molecule has 0 unspecified atom stereocenters. The lowest BCUT2D eigenvalue weighted by Crippen LogP contribution is -2.07. The molecule has 1 aliphatic carbocycles. The molecule has 28 heavy (non-hydrogen) atoms. The molecule has 3 heterocycles. The topological polar surface area (TPSA) is 77.8 Å². The van der Waals surface area contributed by atoms with E-state index in [9.17, 15) is 0 Å². The Balaban J connectivity index is 1.26. The van der Waals surface area contributed by atoms with Crippen molar-refractivity contribution < 1.29 is 8.83 Å². The van der Waals surface area contributed by atoms with Crippen LogP contribution in [0.5, 0.6) is 0 Å². The highest BCUT2D eigenvalue weighted by Gasteiger charge is 2.21. The van der Waals surface area contributed by atoms with Crippen LogP contribution < -0.4 is 0 Å². The zero-order valence-electron chi connectivity index (χ0n) is 15.3. The Morgan fingerprint density at radius 1 is 1.07 bits per heavy atom. The minimum Gasteiger partial charge on any atom is -0.420 e. The predicted molar refractivity (Wildman–Crippen MR) is 108 cm³/mol. The molecule has 0 bridgehead atoms. The molecule has 0 fully saturated rings. The molecule has 0 saturated heterocycles. The van der Waals surface area contributed by atoms with Gasteiger partial charge in [-0.15, -0.1) is 31.7 Å². The van der Waals surface area contributed by atoms with Gasteiger partial charge in [0.25, 0.3) is 11.1 Å². The van der Waals surface area contributed by atoms with Crippen LogP contribution in [0.3, 0.4) is 0 Å². The predicted octanol–water partition coefficient (Wildman–Crippen LogP) is 5.27. The summed E-state index contributed by atoms with van der Waals surface area (Å²) in [5.74, 6) is 2.87. The van der Waals surface area contributed by atoms with Gasteiger partial charge in [0.2, 0.25) is 11.8 Å². The summed E-state index contributed by atoms with van der Waals surface area (Å²) in [4.78, 5) is 2.52. The third-order valence-corrected chi connectivity index (χ3v) is 6.78. The number of fused-ring (bicyclic) bond motifs is 1. The van der Waals surface area contributed by atoms with Crippen LogP contribution in [0.2, 0.25) is 0 Å². The number of aromatic nitrogens is 4. The van der Waals surface area contributed by atoms with Crippen LogP contribution in [0, 0.1) is 5.92 Å². The second-order valence-corrected chi connectivity index (χ2v) is 9.00. The molecule has 4 aromatic rings. The molecule has 0 amide bonds. The number of aryl methyl sites for hydroxylation is 1. The first-order valence-electron chi connectivity index (χ1n) is 9.20. The van der Waals surface area contributed by atoms with Gasteiger partial charge in [0.1, 0.15) is 0 Å². The molecule has 1 atom stereocenters. The number of hydrogen-bond donors (Lipinski definition) is 0. The van der Waals surface area contributed by atoms with Crippen LogP contribution in [0.4, 0.5) is 0 Å². The van der Waals surface area contributed by atoms with E-state index in [2.05, 4.69) is 33.4 Å². The normalized spacial score (nSPS) is 16.2. The smallest absolute Gasteiger partial charge is 0.277 e. The summed E-state index contributed by atoms with van der Waals surface area (Å²) >= 11 is 3.17. The highest BCUT2D eigenvalue weighted by Crippen LogP contribution is 2.37. The van der Waals surface area contributed by atoms with Gasteiger partial charge in [-0.05, 0) is 48.9 Å². The molecule has 0 radical (unpaired) electrons. The van der Waals surface area contributed by atoms with Crippen molar-refractivity contribution in [2.45, 2.75) is 37.2 Å². The molecule has 1 aliphatic rings. The van der Waals surface area contributed by atoms with Gasteiger partial charge in [-0.25, -0.2) is 0 Å². The summed E-state index contributed by atoms with van der Waals surface area (Å²) in [6, 6.07) is 11.9. The molecule has 8 heteroatoms. The molecule has 3 aromatic heterocycles. The maximum atomic E-state index is 5.85. The van der Waals surface area contributed by atoms with Gasteiger partial charge in [-0.2, -0.15) is 0 Å². The van der Waals surface area contributed by atoms with Crippen molar-refractivity contribution in [3.8, 4) is 22.2 Å². The van der Waals surface area contributed by atoms with Gasteiger partial charge in [-0.3, -0.25) is 0 Å². The summed E-state index contributed by atoms with van der Waals surface area (Å²) < 4.78 is 11.6. The van der Waals surface area contributed by atoms with E-state index in [-0.39, 0.29) is 0 Å². The second-order valence-electron chi connectivity index (χ2n) is 6.94. The number of rotatable bonds is 5. The Hall–Kier alpha value is -2.45. The van der Waals surface area contributed by atoms with Crippen molar-refractivity contribution in [3.05, 3.63) is 52.7 Å². The average molecular weight is 411 g/mol. The third-order valence-electron chi connectivity index (χ3n) is 4.75. The quantitative estimate of drug-likeness (QED) is 0.415. The van der Waals surface area contributed by atoms with Crippen LogP contribution in [0.15, 0.2) is 50.5 Å². The molecular weight excluding hydrogens is 392 g/mol. The lowest BCUT2D eigenvalue weighted by atomic mass is 9.90. The van der Waals surface area contributed by atoms with Gasteiger partial charge < -0.3 is 8.83 Å². The van der Waals surface area contributed by atoms with Crippen LogP contribution >= 0.6 is 23.1 Å². The summed E-state index contributed by atoms with van der Waals surface area (Å²) in [5.41, 5.74) is 2.34. The Kier molecular flexibility index (Phi) is 4.74. The highest BCUT2D eigenvalue weighted by molar-refractivity contribution is 7.98. The first kappa shape index (κ1) is 17.6. The fourth-order valence-corrected chi connectivity index (χ4v) is 5.04. The Labute approximate surface area is 170 Å². The zero-order valence-corrected chi connectivity index (χ0v) is 16.9. The first-order valence-corrected chi connectivity index (χ1v) is 11.0. The Bertz CT molecular complexity index is 1090. The minimum atomic E-state index is 0.486. The molecule has 5 rings (SSSR count). The number of nitrogens with zero attached hydrogens (tertiary/aromatic N) is 4. The summed E-state index contributed by atoms with van der Waals surface area (Å²) in [7, 11) is 0. The Morgan fingerprint density at radius 3 is 2.82 bits per heavy atom. The van der Waals surface area contributed by atoms with Crippen LogP contribution in [0.1, 0.15) is 29.7 Å². The van der Waals surface area contributed by atoms with Gasteiger partial charge in [-0.1, -0.05) is 36.9 Å². The molecule has 0 saturated carbocycles. The van der Waals surface area contributed by atoms with Gasteiger partial charge >= 0.3 is 0 Å². The van der Waals surface area contributed by atoms with Crippen LogP contribution in [0.25, 0.3) is 22.2 Å². The van der Waals surface area contributed by atoms with Crippen molar-refractivity contribution >= 4 is 23.1 Å². The molecule has 1 aromatic carbocycles. The standard InChI is InChI=1S/C20H18N4O2S2/c1-12-7-8-15-14(9-12)10-16(28-15)19-23-24-20(26-19)27-11-17-21-22-18(25-17)13-5-3-2-4-6-13/h2-6,10,12H,7-9,11H2,1H3/t12-/m1/s1. The fourth-order valence-electron chi connectivity index (χ4n) is 3.31. The van der Waals surface area contributed by atoms with E-state index in [1.807, 2.05) is 30.3 Å². The van der Waals surface area contributed by atoms with Crippen LogP contribution in [-0.2, 0) is 18.6 Å². The van der Waals surface area contributed by atoms with Gasteiger partial charge in [0.15, 0.2) is 0 Å². The lowest BCUT2D eigenvalue weighted by molar-refractivity contribution is 0.465. The molecule has 0 N–H and O–H groups in total. The number of benzene rings is 1. The number of thioether (sulfide) groups is 1. The zero-order chi connectivity index (χ0) is 18.9. The van der Waals surface area contributed by atoms with E-state index in [1.165, 1.54) is 28.6 Å². The SMILES string of the molecule is C[C@@H]1CCc2sc(-c3nnc(SCc4nnc(-c5ccccc5)o4)o3)cc2C1. The van der Waals surface area contributed by atoms with E-state index in [0.29, 0.717) is 28.6 Å². The first-order chi connectivity index (χ1) is 13.7. The molecular formula is C20H18N4O2S2. The van der Waals surface area contributed by atoms with Crippen molar-refractivity contribution in [2.24, 2.45) is 5.92 Å². The van der Waals surface area contributed by atoms with Crippen molar-refractivity contribution in [1.29, 1.82) is 0 Å². The molecule has 6 nitrogen and oxygen atoms in total. The Morgan fingerprint density at radius 2 is 1.93 bits per heavy atom. The highest BCUT2D eigenvalue weighted by atomic mass is 32.2. The third kappa shape index (κ3) is 3.62. The molecule has 142 valence electrons. The van der Waals surface area contributed by atoms with Gasteiger partial charge in [0.05, 0.1) is 10.6 Å². The summed E-state index contributed by atoms with van der Waals surface area (Å²) in [6.07, 6.45) is 3.55. The minimum absolute atomic E-state index is 0.486. The molecule has 0 aliphatic heterocycles. The van der Waals surface area contributed by atoms with E-state index in [0.717, 1.165) is 29.2 Å². The van der Waals surface area contributed by atoms with Crippen molar-refractivity contribution in [3.63, 3.8) is 0 Å². The number of thiophene rings is 1.